The first-order chi connectivity index (χ1) is 23.6. The molecule has 9 nitrogen and oxygen atoms in total. The number of aliphatic hydroxyl groups is 2. The fourth-order valence-electron chi connectivity index (χ4n) is 4.67. The minimum Gasteiger partial charge on any atom is -0.493 e. The zero-order valence-corrected chi connectivity index (χ0v) is 26.9. The number of ether oxygens (including phenoxy) is 6. The smallest absolute Gasteiger partial charge is 0.387 e. The number of alkyl halides is 4. The number of halogens is 4. The molecule has 14 heteroatoms. The van der Waals surface area contributed by atoms with Crippen LogP contribution in [0.5, 0.6) is 34.5 Å². The van der Waals surface area contributed by atoms with Crippen molar-refractivity contribution in [3.63, 3.8) is 0 Å². The third-order valence-electron chi connectivity index (χ3n) is 7.15. The van der Waals surface area contributed by atoms with E-state index in [1.165, 1.54) is 62.0 Å². The van der Waals surface area contributed by atoms with Gasteiger partial charge in [0.25, 0.3) is 0 Å². The lowest BCUT2D eigenvalue weighted by Gasteiger charge is -2.16. The molecular formula is C35H31F4NO8S. The number of nitrogens with zero attached hydrogens (tertiary/aromatic N) is 1. The minimum atomic E-state index is -3.04. The Bertz CT molecular complexity index is 1680. The summed E-state index contributed by atoms with van der Waals surface area (Å²) < 4.78 is 81.4. The van der Waals surface area contributed by atoms with Gasteiger partial charge in [-0.1, -0.05) is 12.1 Å². The number of aromatic nitrogens is 1. The van der Waals surface area contributed by atoms with Gasteiger partial charge in [-0.3, -0.25) is 0 Å². The highest BCUT2D eigenvalue weighted by molar-refractivity contribution is 7.13. The summed E-state index contributed by atoms with van der Waals surface area (Å²) in [4.78, 5) is 4.73. The highest BCUT2D eigenvalue weighted by Crippen LogP contribution is 2.34. The summed E-state index contributed by atoms with van der Waals surface area (Å²) in [5.41, 5.74) is 3.09. The molecule has 0 amide bonds. The van der Waals surface area contributed by atoms with Gasteiger partial charge in [-0.2, -0.15) is 17.6 Å². The van der Waals surface area contributed by atoms with Crippen LogP contribution in [0.3, 0.4) is 0 Å². The van der Waals surface area contributed by atoms with E-state index in [-0.39, 0.29) is 36.2 Å². The molecular weight excluding hydrogens is 670 g/mol. The Labute approximate surface area is 282 Å². The molecule has 0 aliphatic rings. The molecule has 0 spiro atoms. The molecule has 1 aromatic heterocycles. The van der Waals surface area contributed by atoms with Crippen molar-refractivity contribution in [2.24, 2.45) is 0 Å². The maximum absolute atomic E-state index is 12.7. The van der Waals surface area contributed by atoms with E-state index in [4.69, 9.17) is 23.9 Å². The van der Waals surface area contributed by atoms with Gasteiger partial charge in [0, 0.05) is 16.5 Å². The van der Waals surface area contributed by atoms with E-state index >= 15 is 0 Å². The first-order valence-corrected chi connectivity index (χ1v) is 15.5. The summed E-state index contributed by atoms with van der Waals surface area (Å²) in [6.45, 7) is -6.33. The summed E-state index contributed by atoms with van der Waals surface area (Å²) in [6.07, 6.45) is -2.21. The minimum absolute atomic E-state index is 0.116. The van der Waals surface area contributed by atoms with Gasteiger partial charge in [-0.25, -0.2) is 4.98 Å². The maximum Gasteiger partial charge on any atom is 0.387 e. The largest absolute Gasteiger partial charge is 0.493 e. The summed E-state index contributed by atoms with van der Waals surface area (Å²) in [7, 11) is 2.66. The maximum atomic E-state index is 12.7. The average molecular weight is 702 g/mol. The highest BCUT2D eigenvalue weighted by atomic mass is 32.1. The number of benzene rings is 4. The molecule has 0 radical (unpaired) electrons. The molecule has 5 rings (SSSR count). The molecule has 5 aromatic rings. The molecule has 2 N–H and O–H groups in total. The van der Waals surface area contributed by atoms with Gasteiger partial charge < -0.3 is 38.6 Å². The van der Waals surface area contributed by atoms with Crippen molar-refractivity contribution in [3.8, 4) is 56.3 Å². The third kappa shape index (κ3) is 9.31. The predicted molar refractivity (Wildman–Crippen MR) is 173 cm³/mol. The fourth-order valence-corrected chi connectivity index (χ4v) is 5.51. The highest BCUT2D eigenvalue weighted by Gasteiger charge is 2.18. The second-order valence-corrected chi connectivity index (χ2v) is 11.2. The quantitative estimate of drug-likeness (QED) is 0.0992. The van der Waals surface area contributed by atoms with Crippen molar-refractivity contribution in [3.05, 3.63) is 101 Å². The lowest BCUT2D eigenvalue weighted by Crippen LogP contribution is -2.11. The number of hydrogen-bond acceptors (Lipinski definition) is 10. The fraction of sp³-hybridized carbons (Fsp3) is 0.229. The molecule has 0 saturated heterocycles. The van der Waals surface area contributed by atoms with Crippen molar-refractivity contribution >= 4 is 11.3 Å². The number of methoxy groups -OCH3 is 2. The van der Waals surface area contributed by atoms with Crippen LogP contribution in [0.25, 0.3) is 21.8 Å². The molecule has 0 aliphatic heterocycles. The van der Waals surface area contributed by atoms with Crippen LogP contribution in [0.1, 0.15) is 23.3 Å². The van der Waals surface area contributed by atoms with Crippen molar-refractivity contribution in [2.75, 3.05) is 27.4 Å². The predicted octanol–water partition coefficient (Wildman–Crippen LogP) is 7.92. The van der Waals surface area contributed by atoms with Crippen LogP contribution in [0.15, 0.2) is 90.3 Å². The Morgan fingerprint density at radius 2 is 1.06 bits per heavy atom. The van der Waals surface area contributed by atoms with E-state index < -0.39 is 25.4 Å². The van der Waals surface area contributed by atoms with Gasteiger partial charge in [-0.05, 0) is 83.9 Å². The van der Waals surface area contributed by atoms with Gasteiger partial charge in [-0.15, -0.1) is 11.3 Å². The number of hydrogen-bond donors (Lipinski definition) is 2. The molecule has 2 unspecified atom stereocenters. The summed E-state index contributed by atoms with van der Waals surface area (Å²) >= 11 is 1.45. The van der Waals surface area contributed by atoms with Crippen molar-refractivity contribution in [2.45, 2.75) is 25.4 Å². The Balaban J connectivity index is 1.15. The molecule has 49 heavy (non-hydrogen) atoms. The zero-order valence-electron chi connectivity index (χ0n) is 26.1. The number of thiazole rings is 1. The van der Waals surface area contributed by atoms with Gasteiger partial charge >= 0.3 is 13.2 Å². The average Bonchev–Trinajstić information content (AvgIpc) is 3.60. The summed E-state index contributed by atoms with van der Waals surface area (Å²) in [5.74, 6) is 0.843. The van der Waals surface area contributed by atoms with E-state index in [1.807, 2.05) is 29.6 Å². The van der Waals surface area contributed by atoms with E-state index in [2.05, 4.69) is 9.47 Å². The van der Waals surface area contributed by atoms with Crippen LogP contribution in [0.2, 0.25) is 0 Å². The van der Waals surface area contributed by atoms with Gasteiger partial charge in [0.05, 0.1) is 19.9 Å². The van der Waals surface area contributed by atoms with Crippen LogP contribution in [0, 0.1) is 0 Å². The van der Waals surface area contributed by atoms with E-state index in [1.54, 1.807) is 24.3 Å². The van der Waals surface area contributed by atoms with Crippen LogP contribution in [0.4, 0.5) is 17.6 Å². The molecule has 258 valence electrons. The van der Waals surface area contributed by atoms with E-state index in [0.29, 0.717) is 22.6 Å². The molecule has 0 saturated carbocycles. The monoisotopic (exact) mass is 701 g/mol. The molecule has 0 bridgehead atoms. The van der Waals surface area contributed by atoms with Crippen molar-refractivity contribution in [1.82, 2.24) is 4.98 Å². The summed E-state index contributed by atoms with van der Waals surface area (Å²) in [5, 5.41) is 23.8. The second-order valence-electron chi connectivity index (χ2n) is 10.3. The van der Waals surface area contributed by atoms with Gasteiger partial charge in [0.2, 0.25) is 0 Å². The Kier molecular flexibility index (Phi) is 11.8. The molecule has 2 atom stereocenters. The second kappa shape index (κ2) is 16.4. The van der Waals surface area contributed by atoms with Crippen LogP contribution in [-0.2, 0) is 0 Å². The van der Waals surface area contributed by atoms with Crippen molar-refractivity contribution in [1.29, 1.82) is 0 Å². The Morgan fingerprint density at radius 3 is 1.49 bits per heavy atom. The standard InChI is InChI=1S/C35H31F4NO8S/c1-43-29-13-7-22(15-31(29)47-34(36)37)27(41)17-45-24-9-3-20(4-10-24)26-19-49-33(40-26)21-5-11-25(12-6-21)46-18-28(42)23-8-14-30(44-2)32(16-23)48-35(38)39/h3-16,19,27-28,34-35,41-42H,17-18H2,1-2H3. The van der Waals surface area contributed by atoms with Gasteiger partial charge in [0.1, 0.15) is 41.9 Å². The van der Waals surface area contributed by atoms with Crippen LogP contribution < -0.4 is 28.4 Å². The topological polar surface area (TPSA) is 109 Å². The Morgan fingerprint density at radius 1 is 0.612 bits per heavy atom. The van der Waals surface area contributed by atoms with Crippen LogP contribution in [-0.4, -0.2) is 55.9 Å². The Hall–Kier alpha value is -5.05. The third-order valence-corrected chi connectivity index (χ3v) is 8.04. The van der Waals surface area contributed by atoms with Crippen molar-refractivity contribution < 1.29 is 56.2 Å². The SMILES string of the molecule is COc1ccc(C(O)COc2ccc(-c3csc(-c4ccc(OCC(O)c5ccc(OC)c(OC(F)F)c5)cc4)n3)cc2)cc1OC(F)F. The van der Waals surface area contributed by atoms with E-state index in [0.717, 1.165) is 21.8 Å². The van der Waals surface area contributed by atoms with E-state index in [9.17, 15) is 27.8 Å². The lowest BCUT2D eigenvalue weighted by molar-refractivity contribution is -0.0520. The first kappa shape index (κ1) is 35.3. The summed E-state index contributed by atoms with van der Waals surface area (Å²) in [6, 6.07) is 22.8. The van der Waals surface area contributed by atoms with Crippen LogP contribution >= 0.6 is 11.3 Å². The number of rotatable bonds is 16. The molecule has 0 fully saturated rings. The lowest BCUT2D eigenvalue weighted by atomic mass is 10.1. The van der Waals surface area contributed by atoms with Gasteiger partial charge in [0.15, 0.2) is 23.0 Å². The molecule has 0 aliphatic carbocycles. The normalized spacial score (nSPS) is 12.4. The number of aliphatic hydroxyl groups excluding tert-OH is 2. The first-order valence-electron chi connectivity index (χ1n) is 14.7. The molecule has 4 aromatic carbocycles. The zero-order chi connectivity index (χ0) is 34.9. The molecule has 1 heterocycles.